The molecule has 1 rings (SSSR count). The van der Waals surface area contributed by atoms with E-state index in [1.165, 1.54) is 0 Å². The summed E-state index contributed by atoms with van der Waals surface area (Å²) in [5, 5.41) is 0. The normalized spacial score (nSPS) is 8.00. The molecule has 0 aliphatic rings. The van der Waals surface area contributed by atoms with E-state index in [1.807, 2.05) is 6.07 Å². The first-order valence-electron chi connectivity index (χ1n) is 2.61. The third kappa shape index (κ3) is 2.52. The second kappa shape index (κ2) is 4.50. The summed E-state index contributed by atoms with van der Waals surface area (Å²) in [6, 6.07) is 8.53. The van der Waals surface area contributed by atoms with E-state index in [0.717, 1.165) is 0 Å². The third-order valence-corrected chi connectivity index (χ3v) is 1.04. The summed E-state index contributed by atoms with van der Waals surface area (Å²) in [4.78, 5) is 10.3. The van der Waals surface area contributed by atoms with Gasteiger partial charge in [-0.25, -0.2) is 0 Å². The Balaban J connectivity index is 0.000000810. The maximum absolute atomic E-state index is 10.3. The molecule has 0 aromatic heterocycles. The van der Waals surface area contributed by atoms with Crippen LogP contribution in [0.25, 0.3) is 5.73 Å². The minimum absolute atomic E-state index is 0. The molecular weight excluding hydrogens is 137 g/mol. The van der Waals surface area contributed by atoms with Crippen molar-refractivity contribution in [3.05, 3.63) is 41.6 Å². The minimum Gasteiger partial charge on any atom is -0.664 e. The van der Waals surface area contributed by atoms with Gasteiger partial charge in [-0.05, 0) is 5.56 Å². The number of rotatable bonds is 1. The van der Waals surface area contributed by atoms with Gasteiger partial charge in [0.1, 0.15) is 0 Å². The van der Waals surface area contributed by atoms with Crippen molar-refractivity contribution in [2.45, 2.75) is 0 Å². The van der Waals surface area contributed by atoms with Crippen molar-refractivity contribution in [3.8, 4) is 0 Å². The number of hydrogen-bond donors (Lipinski definition) is 0. The first-order valence-corrected chi connectivity index (χ1v) is 2.61. The average molecular weight is 143 g/mol. The Hall–Kier alpha value is -0.310. The van der Waals surface area contributed by atoms with Gasteiger partial charge in [0.05, 0.1) is 5.91 Å². The molecule has 1 aromatic rings. The van der Waals surface area contributed by atoms with E-state index in [-0.39, 0.29) is 29.6 Å². The maximum atomic E-state index is 10.3. The number of carbonyl (C=O) groups excluding carboxylic acids is 1. The number of carbonyl (C=O) groups is 1. The predicted molar refractivity (Wildman–Crippen MR) is 35.1 cm³/mol. The Morgan fingerprint density at radius 2 is 1.70 bits per heavy atom. The van der Waals surface area contributed by atoms with Crippen molar-refractivity contribution in [1.29, 1.82) is 0 Å². The van der Waals surface area contributed by atoms with E-state index in [2.05, 4.69) is 0 Å². The van der Waals surface area contributed by atoms with Crippen LogP contribution in [0.1, 0.15) is 10.4 Å². The summed E-state index contributed by atoms with van der Waals surface area (Å²) in [6.45, 7) is 0. The largest absolute Gasteiger partial charge is 1.00 e. The minimum atomic E-state index is -0.629. The monoisotopic (exact) mass is 143 g/mol. The zero-order valence-electron chi connectivity index (χ0n) is 5.79. The van der Waals surface area contributed by atoms with Crippen LogP contribution in [0.15, 0.2) is 30.3 Å². The predicted octanol–water partition coefficient (Wildman–Crippen LogP) is -1.12. The van der Waals surface area contributed by atoms with Crippen molar-refractivity contribution < 1.29 is 34.4 Å². The van der Waals surface area contributed by atoms with Crippen LogP contribution in [-0.2, 0) is 0 Å². The fourth-order valence-corrected chi connectivity index (χ4v) is 0.590. The van der Waals surface area contributed by atoms with Crippen LogP contribution in [0.4, 0.5) is 0 Å². The molecule has 1 amide bonds. The Morgan fingerprint density at radius 1 is 1.20 bits per heavy atom. The van der Waals surface area contributed by atoms with Gasteiger partial charge in [-0.2, -0.15) is 0 Å². The van der Waals surface area contributed by atoms with E-state index in [9.17, 15) is 4.79 Å². The molecule has 0 saturated heterocycles. The number of hydrogen-bond acceptors (Lipinski definition) is 1. The van der Waals surface area contributed by atoms with Crippen LogP contribution >= 0.6 is 0 Å². The zero-order chi connectivity index (χ0) is 6.69. The maximum Gasteiger partial charge on any atom is 1.00 e. The van der Waals surface area contributed by atoms with Crippen molar-refractivity contribution >= 4 is 5.91 Å². The van der Waals surface area contributed by atoms with Crippen LogP contribution in [0.5, 0.6) is 0 Å². The summed E-state index contributed by atoms with van der Waals surface area (Å²) in [7, 11) is 0. The molecule has 0 bridgehead atoms. The standard InChI is InChI=1S/C7H7NO.Na/c8-7(9)6-4-2-1-3-5-6;/h1-5H,(H2,8,9);/q;+1/p-1. The SMILES string of the molecule is [NH-]C(=O)c1ccccc1.[Na+]. The van der Waals surface area contributed by atoms with Crippen molar-refractivity contribution in [1.82, 2.24) is 0 Å². The molecule has 0 radical (unpaired) electrons. The van der Waals surface area contributed by atoms with Gasteiger partial charge in [-0.15, -0.1) is 0 Å². The smallest absolute Gasteiger partial charge is 0.664 e. The molecule has 10 heavy (non-hydrogen) atoms. The molecule has 0 aliphatic heterocycles. The molecule has 3 heteroatoms. The fourth-order valence-electron chi connectivity index (χ4n) is 0.590. The van der Waals surface area contributed by atoms with Gasteiger partial charge in [0.25, 0.3) is 0 Å². The van der Waals surface area contributed by atoms with Crippen LogP contribution in [0.3, 0.4) is 0 Å². The molecule has 0 heterocycles. The van der Waals surface area contributed by atoms with Gasteiger partial charge in [-0.3, -0.25) is 0 Å². The van der Waals surface area contributed by atoms with Crippen LogP contribution < -0.4 is 29.6 Å². The Kier molecular flexibility index (Phi) is 4.36. The molecule has 0 spiro atoms. The Morgan fingerprint density at radius 3 is 2.00 bits per heavy atom. The fraction of sp³-hybridized carbons (Fsp3) is 0. The van der Waals surface area contributed by atoms with Gasteiger partial charge >= 0.3 is 29.6 Å². The molecule has 0 fully saturated rings. The van der Waals surface area contributed by atoms with E-state index < -0.39 is 5.91 Å². The van der Waals surface area contributed by atoms with Crippen LogP contribution in [-0.4, -0.2) is 5.91 Å². The Bertz CT molecular complexity index is 210. The summed E-state index contributed by atoms with van der Waals surface area (Å²) < 4.78 is 0. The second-order valence-electron chi connectivity index (χ2n) is 1.70. The quantitative estimate of drug-likeness (QED) is 0.459. The van der Waals surface area contributed by atoms with E-state index in [0.29, 0.717) is 5.56 Å². The number of benzene rings is 1. The average Bonchev–Trinajstić information content (AvgIpc) is 1.90. The molecule has 46 valence electrons. The summed E-state index contributed by atoms with van der Waals surface area (Å²) in [6.07, 6.45) is 0. The number of nitrogens with one attached hydrogen (secondary N) is 1. The molecule has 0 unspecified atom stereocenters. The molecule has 0 atom stereocenters. The zero-order valence-corrected chi connectivity index (χ0v) is 7.79. The van der Waals surface area contributed by atoms with E-state index >= 15 is 0 Å². The van der Waals surface area contributed by atoms with Crippen LogP contribution in [0.2, 0.25) is 0 Å². The number of amides is 1. The van der Waals surface area contributed by atoms with Gasteiger partial charge in [-0.1, -0.05) is 30.3 Å². The summed E-state index contributed by atoms with van der Waals surface area (Å²) >= 11 is 0. The van der Waals surface area contributed by atoms with E-state index in [4.69, 9.17) is 5.73 Å². The summed E-state index contributed by atoms with van der Waals surface area (Å²) in [5.74, 6) is -0.629. The Labute approximate surface area is 81.7 Å². The van der Waals surface area contributed by atoms with E-state index in [1.54, 1.807) is 24.3 Å². The first kappa shape index (κ1) is 9.69. The summed E-state index contributed by atoms with van der Waals surface area (Å²) in [5.41, 5.74) is 7.12. The second-order valence-corrected chi connectivity index (χ2v) is 1.70. The first-order chi connectivity index (χ1) is 4.30. The molecule has 2 nitrogen and oxygen atoms in total. The van der Waals surface area contributed by atoms with Gasteiger partial charge in [0.2, 0.25) is 0 Å². The topological polar surface area (TPSA) is 40.9 Å². The van der Waals surface area contributed by atoms with Crippen LogP contribution in [0, 0.1) is 0 Å². The van der Waals surface area contributed by atoms with Crippen molar-refractivity contribution in [3.63, 3.8) is 0 Å². The van der Waals surface area contributed by atoms with Crippen molar-refractivity contribution in [2.24, 2.45) is 0 Å². The van der Waals surface area contributed by atoms with Gasteiger partial charge in [0, 0.05) is 0 Å². The van der Waals surface area contributed by atoms with Crippen molar-refractivity contribution in [2.75, 3.05) is 0 Å². The molecular formula is C7H6NNaO. The molecule has 1 aromatic carbocycles. The van der Waals surface area contributed by atoms with Gasteiger partial charge < -0.3 is 10.5 Å². The molecule has 1 N–H and O–H groups in total. The molecule has 0 aliphatic carbocycles. The third-order valence-electron chi connectivity index (χ3n) is 1.04. The molecule has 0 saturated carbocycles. The van der Waals surface area contributed by atoms with Gasteiger partial charge in [0.15, 0.2) is 0 Å².